The molecule has 1 aromatic carbocycles. The van der Waals surface area contributed by atoms with Gasteiger partial charge in [-0.1, -0.05) is 23.8 Å². The van der Waals surface area contributed by atoms with Crippen LogP contribution < -0.4 is 10.6 Å². The van der Waals surface area contributed by atoms with Crippen molar-refractivity contribution < 1.29 is 13.8 Å². The van der Waals surface area contributed by atoms with Crippen molar-refractivity contribution in [3.8, 4) is 0 Å². The average Bonchev–Trinajstić information content (AvgIpc) is 3.39. The van der Waals surface area contributed by atoms with E-state index >= 15 is 0 Å². The summed E-state index contributed by atoms with van der Waals surface area (Å²) in [6.45, 7) is 7.51. The van der Waals surface area contributed by atoms with Crippen molar-refractivity contribution >= 4 is 52.7 Å². The molecule has 0 atom stereocenters. The van der Waals surface area contributed by atoms with E-state index in [1.807, 2.05) is 32.1 Å². The molecule has 0 aliphatic carbocycles. The molecule has 2 N–H and O–H groups in total. The van der Waals surface area contributed by atoms with Crippen molar-refractivity contribution in [2.75, 3.05) is 37.4 Å². The van der Waals surface area contributed by atoms with Gasteiger partial charge in [0.15, 0.2) is 0 Å². The number of hydrogen-bond donors (Lipinski definition) is 2. The molecule has 0 unspecified atom stereocenters. The fourth-order valence-corrected chi connectivity index (χ4v) is 5.03. The molecule has 1 saturated heterocycles. The monoisotopic (exact) mass is 584 g/mol. The van der Waals surface area contributed by atoms with Gasteiger partial charge in [-0.2, -0.15) is 5.10 Å². The Hall–Kier alpha value is -4.55. The van der Waals surface area contributed by atoms with Gasteiger partial charge in [0.05, 0.1) is 65.2 Å². The Morgan fingerprint density at radius 2 is 1.90 bits per heavy atom. The zero-order valence-electron chi connectivity index (χ0n) is 23.9. The Labute approximate surface area is 248 Å². The van der Waals surface area contributed by atoms with Crippen LogP contribution in [0, 0.1) is 19.8 Å². The average molecular weight is 585 g/mol. The first-order chi connectivity index (χ1) is 20.3. The second-order valence-corrected chi connectivity index (χ2v) is 10.9. The maximum Gasteiger partial charge on any atom is 0.321 e. The Morgan fingerprint density at radius 1 is 1.12 bits per heavy atom. The molecule has 1 aliphatic rings. The topological polar surface area (TPSA) is 126 Å². The van der Waals surface area contributed by atoms with E-state index in [1.165, 1.54) is 23.8 Å². The lowest BCUT2D eigenvalue weighted by Crippen LogP contribution is -2.53. The number of aliphatic imine (C=N–C) groups is 1. The molecule has 0 saturated carbocycles. The number of nitrogens with zero attached hydrogens (tertiary/aromatic N) is 6. The van der Waals surface area contributed by atoms with E-state index < -0.39 is 0 Å². The van der Waals surface area contributed by atoms with Crippen molar-refractivity contribution in [1.29, 1.82) is 0 Å². The van der Waals surface area contributed by atoms with Crippen LogP contribution in [-0.4, -0.2) is 69.4 Å². The van der Waals surface area contributed by atoms with Gasteiger partial charge in [0, 0.05) is 54.8 Å². The summed E-state index contributed by atoms with van der Waals surface area (Å²) in [5.41, 5.74) is 5.25. The van der Waals surface area contributed by atoms with Gasteiger partial charge in [-0.05, 0) is 39.0 Å². The zero-order chi connectivity index (χ0) is 29.6. The highest BCUT2D eigenvalue weighted by Crippen LogP contribution is 2.25. The van der Waals surface area contributed by atoms with Crippen molar-refractivity contribution in [2.45, 2.75) is 25.7 Å². The van der Waals surface area contributed by atoms with E-state index in [-0.39, 0.29) is 17.9 Å². The van der Waals surface area contributed by atoms with Crippen LogP contribution in [0.5, 0.6) is 0 Å². The number of aryl methyl sites for hydroxylation is 2. The van der Waals surface area contributed by atoms with Crippen molar-refractivity contribution in [2.24, 2.45) is 10.9 Å². The standard InChI is InChI=1S/C30H32N8O3S/c1-5-22(11-31-4)27-17-38-28(14-33-27)25(13-34-38)29(39)36-26-10-23(12-32-20(26)3)35-30(40)37-15-21(16-37)18-41-42-24-8-6-19(2)7-9-24/h5-14,17,21H,15-16,18H2,1-4H3,(H,35,40)(H,36,39)/b22-5+,31-11?. The number of carbonyl (C=O) groups is 2. The predicted molar refractivity (Wildman–Crippen MR) is 165 cm³/mol. The fraction of sp³-hybridized carbons (Fsp3) is 0.267. The lowest BCUT2D eigenvalue weighted by molar-refractivity contribution is 0.0997. The molecule has 11 nitrogen and oxygen atoms in total. The number of hydrogen-bond acceptors (Lipinski definition) is 8. The van der Waals surface area contributed by atoms with Gasteiger partial charge in [0.1, 0.15) is 0 Å². The number of likely N-dealkylation sites (tertiary alicyclic amines) is 1. The lowest BCUT2D eigenvalue weighted by atomic mass is 10.0. The van der Waals surface area contributed by atoms with Crippen LogP contribution in [0.1, 0.15) is 34.2 Å². The summed E-state index contributed by atoms with van der Waals surface area (Å²) < 4.78 is 7.36. The molecule has 0 bridgehead atoms. The number of nitrogens with one attached hydrogen (secondary N) is 2. The summed E-state index contributed by atoms with van der Waals surface area (Å²) in [6.07, 6.45) is 10.0. The van der Waals surface area contributed by atoms with Crippen LogP contribution in [-0.2, 0) is 4.18 Å². The number of aromatic nitrogens is 4. The molecule has 42 heavy (non-hydrogen) atoms. The molecule has 1 fully saturated rings. The van der Waals surface area contributed by atoms with Gasteiger partial charge >= 0.3 is 6.03 Å². The molecule has 4 aromatic rings. The highest BCUT2D eigenvalue weighted by Gasteiger charge is 2.31. The smallest absolute Gasteiger partial charge is 0.321 e. The quantitative estimate of drug-likeness (QED) is 0.202. The lowest BCUT2D eigenvalue weighted by Gasteiger charge is -2.38. The van der Waals surface area contributed by atoms with Gasteiger partial charge in [-0.3, -0.25) is 19.8 Å². The van der Waals surface area contributed by atoms with Crippen LogP contribution in [0.25, 0.3) is 11.1 Å². The highest BCUT2D eigenvalue weighted by atomic mass is 32.2. The maximum absolute atomic E-state index is 13.2. The van der Waals surface area contributed by atoms with E-state index in [0.717, 1.165) is 10.5 Å². The Bertz CT molecular complexity index is 1660. The minimum atomic E-state index is -0.358. The van der Waals surface area contributed by atoms with Crippen molar-refractivity contribution in [3.63, 3.8) is 0 Å². The first-order valence-corrected chi connectivity index (χ1v) is 14.2. The minimum absolute atomic E-state index is 0.224. The number of carbonyl (C=O) groups excluding carboxylic acids is 2. The fourth-order valence-electron chi connectivity index (χ4n) is 4.39. The van der Waals surface area contributed by atoms with Crippen molar-refractivity contribution in [3.05, 3.63) is 83.7 Å². The number of fused-ring (bicyclic) bond motifs is 1. The third-order valence-corrected chi connectivity index (χ3v) is 7.55. The summed E-state index contributed by atoms with van der Waals surface area (Å²) in [6, 6.07) is 9.63. The van der Waals surface area contributed by atoms with Crippen LogP contribution in [0.3, 0.4) is 0 Å². The largest absolute Gasteiger partial charge is 0.324 e. The summed E-state index contributed by atoms with van der Waals surface area (Å²) in [5.74, 6) is -0.0798. The van der Waals surface area contributed by atoms with E-state index in [9.17, 15) is 9.59 Å². The molecule has 3 amide bonds. The number of amides is 3. The van der Waals surface area contributed by atoms with Crippen LogP contribution in [0.15, 0.2) is 71.1 Å². The van der Waals surface area contributed by atoms with E-state index in [0.29, 0.717) is 53.5 Å². The van der Waals surface area contributed by atoms with E-state index in [4.69, 9.17) is 4.18 Å². The van der Waals surface area contributed by atoms with E-state index in [1.54, 1.807) is 54.3 Å². The van der Waals surface area contributed by atoms with Gasteiger partial charge < -0.3 is 19.7 Å². The SMILES string of the molecule is C/C=C(\C=NC)c1cn2ncc(C(=O)Nc3cc(NC(=O)N4CC(COSc5ccc(C)cc5)C4)cnc3C)c2cn1. The van der Waals surface area contributed by atoms with Crippen LogP contribution >= 0.6 is 12.0 Å². The molecule has 0 radical (unpaired) electrons. The third kappa shape index (κ3) is 6.67. The van der Waals surface area contributed by atoms with Crippen LogP contribution in [0.4, 0.5) is 16.2 Å². The number of benzene rings is 1. The van der Waals surface area contributed by atoms with Crippen LogP contribution in [0.2, 0.25) is 0 Å². The summed E-state index contributed by atoms with van der Waals surface area (Å²) in [7, 11) is 1.69. The Morgan fingerprint density at radius 3 is 2.64 bits per heavy atom. The molecule has 3 aromatic heterocycles. The second kappa shape index (κ2) is 13.0. The number of pyridine rings is 1. The van der Waals surface area contributed by atoms with E-state index in [2.05, 4.69) is 42.8 Å². The summed E-state index contributed by atoms with van der Waals surface area (Å²) >= 11 is 1.35. The first-order valence-electron chi connectivity index (χ1n) is 13.5. The number of anilines is 2. The number of urea groups is 1. The Kier molecular flexibility index (Phi) is 8.94. The molecular formula is C30H32N8O3S. The molecule has 5 rings (SSSR count). The molecule has 1 aliphatic heterocycles. The maximum atomic E-state index is 13.2. The number of rotatable bonds is 9. The first kappa shape index (κ1) is 29.0. The Balaban J connectivity index is 1.16. The molecule has 4 heterocycles. The van der Waals surface area contributed by atoms with Gasteiger partial charge in [0.25, 0.3) is 5.91 Å². The second-order valence-electron chi connectivity index (χ2n) is 9.99. The zero-order valence-corrected chi connectivity index (χ0v) is 24.7. The molecule has 0 spiro atoms. The van der Waals surface area contributed by atoms with Gasteiger partial charge in [-0.15, -0.1) is 0 Å². The molecule has 12 heteroatoms. The summed E-state index contributed by atoms with van der Waals surface area (Å²) in [5, 5.41) is 10.1. The highest BCUT2D eigenvalue weighted by molar-refractivity contribution is 7.94. The number of allylic oxidation sites excluding steroid dienone is 2. The van der Waals surface area contributed by atoms with Gasteiger partial charge in [0.2, 0.25) is 0 Å². The minimum Gasteiger partial charge on any atom is -0.324 e. The summed E-state index contributed by atoms with van der Waals surface area (Å²) in [4.78, 5) is 41.6. The normalized spacial score (nSPS) is 13.9. The molecular weight excluding hydrogens is 552 g/mol. The van der Waals surface area contributed by atoms with Crippen molar-refractivity contribution in [1.82, 2.24) is 24.5 Å². The third-order valence-electron chi connectivity index (χ3n) is 6.83. The molecule has 216 valence electrons. The predicted octanol–water partition coefficient (Wildman–Crippen LogP) is 5.28. The van der Waals surface area contributed by atoms with Gasteiger partial charge in [-0.25, -0.2) is 9.31 Å².